The molecule has 0 atom stereocenters. The zero-order chi connectivity index (χ0) is 11.4. The van der Waals surface area contributed by atoms with E-state index in [1.807, 2.05) is 0 Å². The normalized spacial score (nSPS) is 10.1. The highest BCUT2D eigenvalue weighted by Crippen LogP contribution is 2.26. The molecule has 0 bridgehead atoms. The third-order valence-corrected chi connectivity index (χ3v) is 2.59. The summed E-state index contributed by atoms with van der Waals surface area (Å²) in [5.41, 5.74) is 1.45. The van der Waals surface area contributed by atoms with Crippen molar-refractivity contribution in [1.82, 2.24) is 5.16 Å². The van der Waals surface area contributed by atoms with Gasteiger partial charge in [0.15, 0.2) is 0 Å². The summed E-state index contributed by atoms with van der Waals surface area (Å²) in [7, 11) is 0. The number of carbonyl (C=O) groups excluding carboxylic acids is 1. The lowest BCUT2D eigenvalue weighted by atomic mass is 10.2. The van der Waals surface area contributed by atoms with Gasteiger partial charge in [0.1, 0.15) is 24.9 Å². The van der Waals surface area contributed by atoms with Crippen LogP contribution >= 0.6 is 15.9 Å². The molecule has 0 amide bonds. The fraction of sp³-hybridized carbons (Fsp3) is 0.0909. The van der Waals surface area contributed by atoms with Crippen molar-refractivity contribution in [2.75, 3.05) is 0 Å². The van der Waals surface area contributed by atoms with Crippen LogP contribution < -0.4 is 4.74 Å². The number of carbonyl (C=O) groups is 1. The van der Waals surface area contributed by atoms with Gasteiger partial charge in [-0.25, -0.2) is 0 Å². The first-order valence-electron chi connectivity index (χ1n) is 4.55. The lowest BCUT2D eigenvalue weighted by Gasteiger charge is -2.06. The second kappa shape index (κ2) is 4.94. The molecule has 0 N–H and O–H groups in total. The van der Waals surface area contributed by atoms with E-state index in [4.69, 9.17) is 4.74 Å². The van der Waals surface area contributed by atoms with Crippen LogP contribution in [0, 0.1) is 0 Å². The van der Waals surface area contributed by atoms with Gasteiger partial charge in [0.05, 0.1) is 10.7 Å². The van der Waals surface area contributed by atoms with E-state index in [1.165, 1.54) is 6.26 Å². The highest BCUT2D eigenvalue weighted by molar-refractivity contribution is 9.10. The van der Waals surface area contributed by atoms with E-state index in [0.717, 1.165) is 16.3 Å². The monoisotopic (exact) mass is 281 g/mol. The Hall–Kier alpha value is -1.62. The average molecular weight is 282 g/mol. The minimum atomic E-state index is 0.378. The number of ether oxygens (including phenoxy) is 1. The van der Waals surface area contributed by atoms with Gasteiger partial charge >= 0.3 is 0 Å². The Morgan fingerprint density at radius 1 is 1.50 bits per heavy atom. The summed E-state index contributed by atoms with van der Waals surface area (Å²) in [6, 6.07) is 5.14. The molecule has 1 aromatic carbocycles. The molecule has 16 heavy (non-hydrogen) atoms. The van der Waals surface area contributed by atoms with Gasteiger partial charge < -0.3 is 9.26 Å². The summed E-state index contributed by atoms with van der Waals surface area (Å²) < 4.78 is 10.9. The third-order valence-electron chi connectivity index (χ3n) is 1.97. The molecule has 0 saturated carbocycles. The molecule has 0 radical (unpaired) electrons. The first-order valence-corrected chi connectivity index (χ1v) is 5.34. The molecule has 82 valence electrons. The largest absolute Gasteiger partial charge is 0.488 e. The second-order valence-electron chi connectivity index (χ2n) is 3.13. The molecule has 0 unspecified atom stereocenters. The number of halogens is 1. The molecule has 4 nitrogen and oxygen atoms in total. The topological polar surface area (TPSA) is 52.3 Å². The van der Waals surface area contributed by atoms with E-state index in [9.17, 15) is 4.79 Å². The number of hydrogen-bond acceptors (Lipinski definition) is 4. The van der Waals surface area contributed by atoms with Gasteiger partial charge in [-0.3, -0.25) is 4.79 Å². The van der Waals surface area contributed by atoms with Crippen molar-refractivity contribution in [2.24, 2.45) is 0 Å². The summed E-state index contributed by atoms with van der Waals surface area (Å²) in [5, 5.41) is 3.57. The molecule has 0 fully saturated rings. The quantitative estimate of drug-likeness (QED) is 0.809. The molecule has 5 heteroatoms. The van der Waals surface area contributed by atoms with Crippen LogP contribution in [0.4, 0.5) is 0 Å². The summed E-state index contributed by atoms with van der Waals surface area (Å²) in [6.07, 6.45) is 3.90. The highest BCUT2D eigenvalue weighted by Gasteiger charge is 2.03. The Labute approximate surface area is 100 Å². The lowest BCUT2D eigenvalue weighted by molar-refractivity contribution is 0.112. The van der Waals surface area contributed by atoms with Crippen LogP contribution in [0.1, 0.15) is 15.9 Å². The number of rotatable bonds is 4. The van der Waals surface area contributed by atoms with Crippen molar-refractivity contribution >= 4 is 22.2 Å². The van der Waals surface area contributed by atoms with E-state index in [-0.39, 0.29) is 0 Å². The molecular weight excluding hydrogens is 274 g/mol. The Morgan fingerprint density at radius 2 is 2.38 bits per heavy atom. The zero-order valence-electron chi connectivity index (χ0n) is 8.22. The van der Waals surface area contributed by atoms with Crippen LogP contribution in [0.25, 0.3) is 0 Å². The molecule has 0 aliphatic carbocycles. The second-order valence-corrected chi connectivity index (χ2v) is 3.98. The zero-order valence-corrected chi connectivity index (χ0v) is 9.81. The SMILES string of the molecule is O=Cc1ccc(OCc2cnoc2)c(Br)c1. The van der Waals surface area contributed by atoms with Crippen LogP contribution in [-0.4, -0.2) is 11.4 Å². The average Bonchev–Trinajstić information content (AvgIpc) is 2.80. The van der Waals surface area contributed by atoms with Gasteiger partial charge in [0.2, 0.25) is 0 Å². The first-order chi connectivity index (χ1) is 7.79. The van der Waals surface area contributed by atoms with Crippen molar-refractivity contribution < 1.29 is 14.1 Å². The molecule has 1 heterocycles. The fourth-order valence-corrected chi connectivity index (χ4v) is 1.68. The summed E-state index contributed by atoms with van der Waals surface area (Å²) in [4.78, 5) is 10.5. The van der Waals surface area contributed by atoms with Crippen molar-refractivity contribution in [3.8, 4) is 5.75 Å². The van der Waals surface area contributed by atoms with Gasteiger partial charge in [-0.15, -0.1) is 0 Å². The Bertz CT molecular complexity index is 482. The lowest BCUT2D eigenvalue weighted by Crippen LogP contribution is -1.95. The minimum absolute atomic E-state index is 0.378. The van der Waals surface area contributed by atoms with E-state index in [1.54, 1.807) is 24.4 Å². The summed E-state index contributed by atoms with van der Waals surface area (Å²) in [5.74, 6) is 0.673. The molecule has 1 aromatic heterocycles. The van der Waals surface area contributed by atoms with Crippen LogP contribution in [-0.2, 0) is 6.61 Å². The summed E-state index contributed by atoms with van der Waals surface area (Å²) >= 11 is 3.33. The number of nitrogens with zero attached hydrogens (tertiary/aromatic N) is 1. The smallest absolute Gasteiger partial charge is 0.150 e. The van der Waals surface area contributed by atoms with Crippen LogP contribution in [0.5, 0.6) is 5.75 Å². The highest BCUT2D eigenvalue weighted by atomic mass is 79.9. The van der Waals surface area contributed by atoms with Crippen molar-refractivity contribution in [2.45, 2.75) is 6.61 Å². The van der Waals surface area contributed by atoms with E-state index in [0.29, 0.717) is 17.9 Å². The number of aromatic nitrogens is 1. The maximum Gasteiger partial charge on any atom is 0.150 e. The molecule has 2 rings (SSSR count). The van der Waals surface area contributed by atoms with Gasteiger partial charge in [0.25, 0.3) is 0 Å². The van der Waals surface area contributed by atoms with E-state index in [2.05, 4.69) is 25.6 Å². The van der Waals surface area contributed by atoms with E-state index < -0.39 is 0 Å². The summed E-state index contributed by atoms with van der Waals surface area (Å²) in [6.45, 7) is 0.378. The Morgan fingerprint density at radius 3 is 3.00 bits per heavy atom. The third kappa shape index (κ3) is 2.49. The molecule has 0 aliphatic heterocycles. The van der Waals surface area contributed by atoms with Crippen molar-refractivity contribution in [1.29, 1.82) is 0 Å². The number of aldehydes is 1. The molecule has 2 aromatic rings. The number of hydrogen-bond donors (Lipinski definition) is 0. The minimum Gasteiger partial charge on any atom is -0.488 e. The fourth-order valence-electron chi connectivity index (χ4n) is 1.17. The van der Waals surface area contributed by atoms with Crippen molar-refractivity contribution in [3.63, 3.8) is 0 Å². The van der Waals surface area contributed by atoms with E-state index >= 15 is 0 Å². The molecular formula is C11H8BrNO3. The van der Waals surface area contributed by atoms with Gasteiger partial charge in [-0.05, 0) is 34.1 Å². The first kappa shape index (κ1) is 10.9. The number of benzene rings is 1. The standard InChI is InChI=1S/C11H8BrNO3/c12-10-3-8(5-14)1-2-11(10)15-6-9-4-13-16-7-9/h1-5,7H,6H2. The molecule has 0 spiro atoms. The van der Waals surface area contributed by atoms with Gasteiger partial charge in [-0.2, -0.15) is 0 Å². The van der Waals surface area contributed by atoms with Crippen LogP contribution in [0.15, 0.2) is 39.7 Å². The van der Waals surface area contributed by atoms with Gasteiger partial charge in [-0.1, -0.05) is 5.16 Å². The van der Waals surface area contributed by atoms with Gasteiger partial charge in [0, 0.05) is 11.1 Å². The Balaban J connectivity index is 2.07. The van der Waals surface area contributed by atoms with Crippen molar-refractivity contribution in [3.05, 3.63) is 46.3 Å². The Kier molecular flexibility index (Phi) is 3.36. The maximum atomic E-state index is 10.5. The molecule has 0 aliphatic rings. The predicted octanol–water partition coefficient (Wildman–Crippen LogP) is 2.83. The predicted molar refractivity (Wildman–Crippen MR) is 60.4 cm³/mol. The van der Waals surface area contributed by atoms with Crippen LogP contribution in [0.2, 0.25) is 0 Å². The van der Waals surface area contributed by atoms with Crippen LogP contribution in [0.3, 0.4) is 0 Å². The maximum absolute atomic E-state index is 10.5. The molecule has 0 saturated heterocycles.